The number of likely N-dealkylation sites (tertiary alicyclic amines) is 2. The van der Waals surface area contributed by atoms with E-state index in [2.05, 4.69) is 67.2 Å². The second-order valence-corrected chi connectivity index (χ2v) is 16.1. The van der Waals surface area contributed by atoms with E-state index in [1.54, 1.807) is 20.8 Å². The third-order valence-electron chi connectivity index (χ3n) is 9.26. The predicted molar refractivity (Wildman–Crippen MR) is 212 cm³/mol. The molecule has 4 amide bonds. The predicted octanol–water partition coefficient (Wildman–Crippen LogP) is 10.1. The van der Waals surface area contributed by atoms with Crippen LogP contribution >= 0.6 is 0 Å². The molecule has 0 aliphatic carbocycles. The molecule has 8 heteroatoms. The van der Waals surface area contributed by atoms with Gasteiger partial charge >= 0.3 is 12.2 Å². The topological polar surface area (TPSA) is 93.2 Å². The summed E-state index contributed by atoms with van der Waals surface area (Å²) in [4.78, 5) is 52.5. The van der Waals surface area contributed by atoms with E-state index in [0.717, 1.165) is 27.8 Å². The van der Waals surface area contributed by atoms with Crippen molar-refractivity contribution in [1.29, 1.82) is 0 Å². The fourth-order valence-electron chi connectivity index (χ4n) is 6.73. The fourth-order valence-corrected chi connectivity index (χ4v) is 6.73. The molecule has 2 saturated heterocycles. The zero-order valence-electron chi connectivity index (χ0n) is 32.5. The molecule has 282 valence electrons. The molecule has 6 rings (SSSR count). The highest BCUT2D eigenvalue weighted by Gasteiger charge is 2.43. The first-order chi connectivity index (χ1) is 25.5. The van der Waals surface area contributed by atoms with E-state index in [9.17, 15) is 19.2 Å². The minimum atomic E-state index is -0.650. The molecule has 0 spiro atoms. The summed E-state index contributed by atoms with van der Waals surface area (Å²) in [6.07, 6.45) is 1.22. The van der Waals surface area contributed by atoms with E-state index < -0.39 is 23.4 Å². The molecule has 0 saturated carbocycles. The number of nitrogens with zero attached hydrogens (tertiary/aromatic N) is 2. The first-order valence-corrected chi connectivity index (χ1v) is 18.6. The van der Waals surface area contributed by atoms with Crippen molar-refractivity contribution in [3.05, 3.63) is 132 Å². The van der Waals surface area contributed by atoms with E-state index in [1.807, 2.05) is 76.2 Å². The van der Waals surface area contributed by atoms with Crippen LogP contribution in [0.4, 0.5) is 9.59 Å². The van der Waals surface area contributed by atoms with Crippen LogP contribution in [0.5, 0.6) is 0 Å². The SMILES string of the molecule is C=C1C[C@@H](Cc2ccc(-c3ccccc3)cc2)N(C(=O)OC(C)(C)C)C1=O.CC1C[C@@H](Cc2ccc(-c3ccccc3)cc2)N(C(=O)OC(C)(C)C)C1=O. The Labute approximate surface area is 319 Å². The first-order valence-electron chi connectivity index (χ1n) is 18.6. The fraction of sp³-hybridized carbons (Fsp3) is 0.348. The second kappa shape index (κ2) is 16.7. The number of imide groups is 2. The Morgan fingerprint density at radius 2 is 1.00 bits per heavy atom. The second-order valence-electron chi connectivity index (χ2n) is 16.1. The number of ether oxygens (including phenoxy) is 2. The molecule has 4 aromatic carbocycles. The van der Waals surface area contributed by atoms with Gasteiger partial charge in [-0.3, -0.25) is 9.59 Å². The van der Waals surface area contributed by atoms with Crippen LogP contribution < -0.4 is 0 Å². The number of carbonyl (C=O) groups excluding carboxylic acids is 4. The number of hydrogen-bond acceptors (Lipinski definition) is 6. The molecule has 4 aromatic rings. The van der Waals surface area contributed by atoms with Crippen LogP contribution in [-0.4, -0.2) is 57.1 Å². The van der Waals surface area contributed by atoms with Crippen LogP contribution in [0.3, 0.4) is 0 Å². The van der Waals surface area contributed by atoms with Gasteiger partial charge in [-0.05, 0) is 101 Å². The van der Waals surface area contributed by atoms with Gasteiger partial charge in [0, 0.05) is 17.5 Å². The van der Waals surface area contributed by atoms with Crippen LogP contribution in [-0.2, 0) is 31.9 Å². The number of hydrogen-bond donors (Lipinski definition) is 0. The molecule has 1 unspecified atom stereocenters. The van der Waals surface area contributed by atoms with Gasteiger partial charge in [0.1, 0.15) is 11.2 Å². The molecule has 2 fully saturated rings. The van der Waals surface area contributed by atoms with Crippen molar-refractivity contribution in [1.82, 2.24) is 9.80 Å². The Hall–Kier alpha value is -5.50. The molecule has 0 bridgehead atoms. The molecule has 2 aliphatic rings. The summed E-state index contributed by atoms with van der Waals surface area (Å²) in [6.45, 7) is 16.5. The maximum Gasteiger partial charge on any atom is 0.417 e. The highest BCUT2D eigenvalue weighted by Crippen LogP contribution is 2.31. The summed E-state index contributed by atoms with van der Waals surface area (Å²) in [5.41, 5.74) is 5.97. The molecule has 0 N–H and O–H groups in total. The summed E-state index contributed by atoms with van der Waals surface area (Å²) in [6, 6.07) is 36.5. The zero-order valence-corrected chi connectivity index (χ0v) is 32.5. The van der Waals surface area contributed by atoms with Gasteiger partial charge in [0.2, 0.25) is 5.91 Å². The van der Waals surface area contributed by atoms with Crippen molar-refractivity contribution in [3.63, 3.8) is 0 Å². The molecule has 3 atom stereocenters. The summed E-state index contributed by atoms with van der Waals surface area (Å²) >= 11 is 0. The molecule has 54 heavy (non-hydrogen) atoms. The minimum absolute atomic E-state index is 0.143. The number of benzene rings is 4. The van der Waals surface area contributed by atoms with Crippen LogP contribution in [0.15, 0.2) is 121 Å². The summed E-state index contributed by atoms with van der Waals surface area (Å²) < 4.78 is 10.9. The van der Waals surface area contributed by atoms with Crippen molar-refractivity contribution in [3.8, 4) is 22.3 Å². The Bertz CT molecular complexity index is 1940. The van der Waals surface area contributed by atoms with Gasteiger partial charge in [-0.2, -0.15) is 0 Å². The number of rotatable bonds is 6. The lowest BCUT2D eigenvalue weighted by Crippen LogP contribution is -2.43. The van der Waals surface area contributed by atoms with E-state index in [0.29, 0.717) is 31.3 Å². The maximum atomic E-state index is 12.5. The summed E-state index contributed by atoms with van der Waals surface area (Å²) in [5, 5.41) is 0. The zero-order chi connectivity index (χ0) is 39.2. The Morgan fingerprint density at radius 1 is 0.611 bits per heavy atom. The van der Waals surface area contributed by atoms with Gasteiger partial charge in [0.25, 0.3) is 5.91 Å². The van der Waals surface area contributed by atoms with Gasteiger partial charge in [0.05, 0.1) is 6.04 Å². The van der Waals surface area contributed by atoms with Crippen LogP contribution in [0.1, 0.15) is 72.4 Å². The molecule has 0 radical (unpaired) electrons. The monoisotopic (exact) mass is 728 g/mol. The molecule has 2 aliphatic heterocycles. The lowest BCUT2D eigenvalue weighted by Gasteiger charge is -2.27. The normalized spacial score (nSPS) is 18.6. The van der Waals surface area contributed by atoms with Crippen LogP contribution in [0.25, 0.3) is 22.3 Å². The van der Waals surface area contributed by atoms with E-state index in [1.165, 1.54) is 15.4 Å². The van der Waals surface area contributed by atoms with Crippen molar-refractivity contribution >= 4 is 24.0 Å². The largest absolute Gasteiger partial charge is 0.443 e. The average molecular weight is 729 g/mol. The quantitative estimate of drug-likeness (QED) is 0.184. The average Bonchev–Trinajstić information content (AvgIpc) is 3.56. The van der Waals surface area contributed by atoms with Gasteiger partial charge in [-0.25, -0.2) is 19.4 Å². The third-order valence-corrected chi connectivity index (χ3v) is 9.26. The minimum Gasteiger partial charge on any atom is -0.443 e. The van der Waals surface area contributed by atoms with E-state index in [-0.39, 0.29) is 29.8 Å². The molecular weight excluding hydrogens is 677 g/mol. The summed E-state index contributed by atoms with van der Waals surface area (Å²) in [5.74, 6) is -0.642. The standard InChI is InChI=1S/C23H27NO3.C23H25NO3/c2*1-16-14-20(24(21(16)25)22(26)27-23(2,3)4)15-17-10-12-19(13-11-17)18-8-6-5-7-9-18/h5-13,16,20H,14-15H2,1-4H3;5-13,20H,1,14-15H2,2-4H3/t16?,20-;20-/m00/s1. The van der Waals surface area contributed by atoms with Gasteiger partial charge in [-0.15, -0.1) is 0 Å². The van der Waals surface area contributed by atoms with Gasteiger partial charge < -0.3 is 9.47 Å². The van der Waals surface area contributed by atoms with E-state index in [4.69, 9.17) is 9.47 Å². The van der Waals surface area contributed by atoms with Crippen LogP contribution in [0.2, 0.25) is 0 Å². The number of amides is 4. The highest BCUT2D eigenvalue weighted by molar-refractivity contribution is 6.04. The van der Waals surface area contributed by atoms with Crippen molar-refractivity contribution in [2.24, 2.45) is 5.92 Å². The lowest BCUT2D eigenvalue weighted by molar-refractivity contribution is -0.130. The maximum absolute atomic E-state index is 12.5. The molecule has 0 aromatic heterocycles. The van der Waals surface area contributed by atoms with Gasteiger partial charge in [0.15, 0.2) is 0 Å². The van der Waals surface area contributed by atoms with Crippen molar-refractivity contribution in [2.75, 3.05) is 0 Å². The lowest BCUT2D eigenvalue weighted by atomic mass is 9.98. The smallest absolute Gasteiger partial charge is 0.417 e. The molecular formula is C46H52N2O6. The van der Waals surface area contributed by atoms with Crippen molar-refractivity contribution in [2.45, 2.75) is 97.4 Å². The molecule has 2 heterocycles. The highest BCUT2D eigenvalue weighted by atomic mass is 16.6. The van der Waals surface area contributed by atoms with E-state index >= 15 is 0 Å². The first kappa shape index (κ1) is 39.7. The molecule has 8 nitrogen and oxygen atoms in total. The van der Waals surface area contributed by atoms with Crippen molar-refractivity contribution < 1.29 is 28.7 Å². The Kier molecular flexibility index (Phi) is 12.3. The Morgan fingerprint density at radius 3 is 1.43 bits per heavy atom. The number of carbonyl (C=O) groups is 4. The third kappa shape index (κ3) is 10.3. The summed E-state index contributed by atoms with van der Waals surface area (Å²) in [7, 11) is 0. The van der Waals surface area contributed by atoms with Crippen LogP contribution in [0, 0.1) is 5.92 Å². The van der Waals surface area contributed by atoms with Gasteiger partial charge in [-0.1, -0.05) is 123 Å². The Balaban J connectivity index is 0.000000208.